The van der Waals surface area contributed by atoms with Gasteiger partial charge < -0.3 is 24.6 Å². The van der Waals surface area contributed by atoms with E-state index in [1.165, 1.54) is 0 Å². The van der Waals surface area contributed by atoms with Crippen molar-refractivity contribution in [3.8, 4) is 0 Å². The van der Waals surface area contributed by atoms with Crippen LogP contribution in [0, 0.1) is 11.8 Å². The predicted octanol–water partition coefficient (Wildman–Crippen LogP) is 0.600. The number of ether oxygens (including phenoxy) is 1. The van der Waals surface area contributed by atoms with Crippen LogP contribution in [0.15, 0.2) is 28.8 Å². The fourth-order valence-electron chi connectivity index (χ4n) is 4.81. The Morgan fingerprint density at radius 3 is 3.12 bits per heavy atom. The number of aliphatic hydroxyl groups excluding tert-OH is 1. The van der Waals surface area contributed by atoms with Crippen molar-refractivity contribution in [1.29, 1.82) is 0 Å². The Kier molecular flexibility index (Phi) is 4.43. The van der Waals surface area contributed by atoms with E-state index in [0.29, 0.717) is 24.4 Å². The maximum absolute atomic E-state index is 12.8. The number of para-hydroxylation sites is 1. The largest absolute Gasteiger partial charge is 0.396 e. The minimum absolute atomic E-state index is 0. The third-order valence-electron chi connectivity index (χ3n) is 6.04. The second-order valence-corrected chi connectivity index (χ2v) is 7.38. The third kappa shape index (κ3) is 2.53. The Hall–Kier alpha value is -1.67. The number of hydrogen-bond donors (Lipinski definition) is 2. The van der Waals surface area contributed by atoms with Crippen molar-refractivity contribution in [2.75, 3.05) is 32.8 Å². The van der Waals surface area contributed by atoms with Crippen molar-refractivity contribution in [3.63, 3.8) is 0 Å². The van der Waals surface area contributed by atoms with Gasteiger partial charge in [0.1, 0.15) is 11.3 Å². The first-order valence-electron chi connectivity index (χ1n) is 8.81. The van der Waals surface area contributed by atoms with Crippen LogP contribution in [0.1, 0.15) is 5.69 Å². The molecule has 0 aliphatic carbocycles. The third-order valence-corrected chi connectivity index (χ3v) is 6.04. The smallest absolute Gasteiger partial charge is 0.228 e. The summed E-state index contributed by atoms with van der Waals surface area (Å²) in [4.78, 5) is 14.7. The molecule has 3 aliphatic rings. The van der Waals surface area contributed by atoms with Gasteiger partial charge in [0.05, 0.1) is 19.1 Å². The number of fused-ring (bicyclic) bond motifs is 2. The van der Waals surface area contributed by atoms with E-state index < -0.39 is 0 Å². The first-order chi connectivity index (χ1) is 12.2. The van der Waals surface area contributed by atoms with Crippen molar-refractivity contribution in [2.45, 2.75) is 18.1 Å². The minimum atomic E-state index is -0.349. The Morgan fingerprint density at radius 1 is 1.42 bits per heavy atom. The summed E-state index contributed by atoms with van der Waals surface area (Å²) in [7, 11) is 0. The van der Waals surface area contributed by atoms with E-state index >= 15 is 0 Å². The molecule has 2 bridgehead atoms. The fraction of sp³-hybridized carbons (Fsp3) is 0.556. The molecule has 0 radical (unpaired) electrons. The maximum Gasteiger partial charge on any atom is 0.228 e. The van der Waals surface area contributed by atoms with Gasteiger partial charge in [-0.15, -0.1) is 12.4 Å². The zero-order valence-electron chi connectivity index (χ0n) is 14.3. The number of aliphatic hydroxyl groups is 1. The van der Waals surface area contributed by atoms with Gasteiger partial charge in [0.25, 0.3) is 0 Å². The quantitative estimate of drug-likeness (QED) is 0.812. The number of nitrogens with one attached hydrogen (secondary N) is 1. The fourth-order valence-corrected chi connectivity index (χ4v) is 4.81. The van der Waals surface area contributed by atoms with E-state index in [-0.39, 0.29) is 54.9 Å². The van der Waals surface area contributed by atoms with Gasteiger partial charge in [-0.25, -0.2) is 0 Å². The van der Waals surface area contributed by atoms with Crippen molar-refractivity contribution in [2.24, 2.45) is 11.8 Å². The lowest BCUT2D eigenvalue weighted by atomic mass is 9.83. The lowest BCUT2D eigenvalue weighted by Gasteiger charge is -2.33. The molecule has 1 aromatic heterocycles. The maximum atomic E-state index is 12.8. The summed E-state index contributed by atoms with van der Waals surface area (Å²) in [6, 6.07) is 7.58. The summed E-state index contributed by atoms with van der Waals surface area (Å²) in [5.41, 5.74) is 1.03. The first kappa shape index (κ1) is 17.7. The molecule has 3 fully saturated rings. The Balaban J connectivity index is 0.00000168. The summed E-state index contributed by atoms with van der Waals surface area (Å²) in [6.07, 6.45) is 0.279. The highest BCUT2D eigenvalue weighted by atomic mass is 35.5. The molecule has 1 spiro atoms. The second-order valence-electron chi connectivity index (χ2n) is 7.38. The number of hydrogen-bond acceptors (Lipinski definition) is 6. The summed E-state index contributed by atoms with van der Waals surface area (Å²) in [5, 5.41) is 18.1. The van der Waals surface area contributed by atoms with E-state index in [1.54, 1.807) is 0 Å². The van der Waals surface area contributed by atoms with Gasteiger partial charge in [0.15, 0.2) is 5.58 Å². The zero-order valence-corrected chi connectivity index (χ0v) is 15.1. The molecule has 0 saturated carbocycles. The van der Waals surface area contributed by atoms with Gasteiger partial charge in [-0.2, -0.15) is 0 Å². The zero-order chi connectivity index (χ0) is 17.0. The molecule has 3 aliphatic heterocycles. The van der Waals surface area contributed by atoms with Crippen LogP contribution in [-0.2, 0) is 16.0 Å². The summed E-state index contributed by atoms with van der Waals surface area (Å²) in [5.74, 6) is 0.321. The number of rotatable bonds is 3. The highest BCUT2D eigenvalue weighted by Gasteiger charge is 2.61. The summed E-state index contributed by atoms with van der Waals surface area (Å²) >= 11 is 0. The molecule has 7 nitrogen and oxygen atoms in total. The van der Waals surface area contributed by atoms with Gasteiger partial charge in [-0.05, 0) is 12.1 Å². The van der Waals surface area contributed by atoms with E-state index in [1.807, 2.05) is 29.2 Å². The molecule has 8 heteroatoms. The van der Waals surface area contributed by atoms with Crippen molar-refractivity contribution in [3.05, 3.63) is 30.0 Å². The number of carbonyl (C=O) groups is 1. The molecule has 4 heterocycles. The van der Waals surface area contributed by atoms with Crippen LogP contribution in [0.2, 0.25) is 0 Å². The lowest BCUT2D eigenvalue weighted by molar-refractivity contribution is -0.133. The van der Waals surface area contributed by atoms with Gasteiger partial charge in [-0.3, -0.25) is 4.79 Å². The predicted molar refractivity (Wildman–Crippen MR) is 96.1 cm³/mol. The van der Waals surface area contributed by atoms with Crippen LogP contribution < -0.4 is 5.32 Å². The molecule has 1 amide bonds. The summed E-state index contributed by atoms with van der Waals surface area (Å²) in [6.45, 7) is 2.84. The van der Waals surface area contributed by atoms with Crippen LogP contribution >= 0.6 is 12.4 Å². The molecule has 140 valence electrons. The van der Waals surface area contributed by atoms with Crippen molar-refractivity contribution in [1.82, 2.24) is 15.4 Å². The number of nitrogens with zero attached hydrogens (tertiary/aromatic N) is 2. The van der Waals surface area contributed by atoms with Crippen LogP contribution in [0.4, 0.5) is 0 Å². The van der Waals surface area contributed by atoms with Crippen LogP contribution in [0.3, 0.4) is 0 Å². The number of aromatic nitrogens is 1. The molecule has 2 aromatic rings. The monoisotopic (exact) mass is 379 g/mol. The van der Waals surface area contributed by atoms with Crippen LogP contribution in [0.25, 0.3) is 11.0 Å². The van der Waals surface area contributed by atoms with Gasteiger partial charge >= 0.3 is 0 Å². The normalized spacial score (nSPS) is 32.5. The van der Waals surface area contributed by atoms with E-state index in [4.69, 9.17) is 9.26 Å². The molecule has 5 rings (SSSR count). The SMILES string of the molecule is Cl.O=C(Cc1noc2ccccc12)N1C[C@@H]2[C@H](CO)[C@H]3CNC[C@]2(C1)O3. The molecule has 1 aromatic carbocycles. The van der Waals surface area contributed by atoms with Gasteiger partial charge in [0, 0.05) is 43.5 Å². The number of likely N-dealkylation sites (tertiary alicyclic amines) is 1. The molecule has 0 unspecified atom stereocenters. The number of halogens is 1. The van der Waals surface area contributed by atoms with E-state index in [2.05, 4.69) is 10.5 Å². The Bertz CT molecular complexity index is 828. The van der Waals surface area contributed by atoms with E-state index in [0.717, 1.165) is 18.5 Å². The van der Waals surface area contributed by atoms with Crippen LogP contribution in [-0.4, -0.2) is 65.6 Å². The standard InChI is InChI=1S/C18H21N3O4.ClH/c22-8-12-13-7-21(10-18(13)9-19-6-16(12)24-18)17(23)5-14-11-3-1-2-4-15(11)25-20-14;/h1-4,12-13,16,19,22H,5-10H2;1H/t12-,13+,16+,18+;/m0./s1. The molecule has 26 heavy (non-hydrogen) atoms. The highest BCUT2D eigenvalue weighted by molar-refractivity contribution is 5.86. The number of morpholine rings is 1. The average molecular weight is 380 g/mol. The van der Waals surface area contributed by atoms with Gasteiger partial charge in [0.2, 0.25) is 5.91 Å². The number of carbonyl (C=O) groups excluding carboxylic acids is 1. The average Bonchev–Trinajstić information content (AvgIpc) is 3.24. The first-order valence-corrected chi connectivity index (χ1v) is 8.81. The topological polar surface area (TPSA) is 87.8 Å². The minimum Gasteiger partial charge on any atom is -0.396 e. The molecule has 2 N–H and O–H groups in total. The Morgan fingerprint density at radius 2 is 2.27 bits per heavy atom. The van der Waals surface area contributed by atoms with E-state index in [9.17, 15) is 9.90 Å². The Labute approximate surface area is 157 Å². The molecule has 4 atom stereocenters. The molecule has 3 saturated heterocycles. The molecular weight excluding hydrogens is 358 g/mol. The number of amides is 1. The second kappa shape index (κ2) is 6.49. The van der Waals surface area contributed by atoms with Crippen molar-refractivity contribution >= 4 is 29.3 Å². The lowest BCUT2D eigenvalue weighted by Crippen LogP contribution is -2.52. The highest BCUT2D eigenvalue weighted by Crippen LogP contribution is 2.47. The van der Waals surface area contributed by atoms with Crippen molar-refractivity contribution < 1.29 is 19.2 Å². The van der Waals surface area contributed by atoms with Crippen LogP contribution in [0.5, 0.6) is 0 Å². The van der Waals surface area contributed by atoms with Gasteiger partial charge in [-0.1, -0.05) is 17.3 Å². The molecular formula is C18H22ClN3O4. The number of benzene rings is 1. The summed E-state index contributed by atoms with van der Waals surface area (Å²) < 4.78 is 11.5.